The first-order valence-corrected chi connectivity index (χ1v) is 6.12. The van der Waals surface area contributed by atoms with Gasteiger partial charge in [0.2, 0.25) is 0 Å². The highest BCUT2D eigenvalue weighted by molar-refractivity contribution is 14.0. The number of nitrogens with one attached hydrogen (secondary N) is 1. The summed E-state index contributed by atoms with van der Waals surface area (Å²) in [4.78, 5) is 4.35. The molecule has 1 unspecified atom stereocenters. The summed E-state index contributed by atoms with van der Waals surface area (Å²) in [5, 5.41) is 3.09. The fourth-order valence-electron chi connectivity index (χ4n) is 1.66. The van der Waals surface area contributed by atoms with Crippen molar-refractivity contribution in [3.05, 3.63) is 35.4 Å². The molecule has 0 saturated heterocycles. The first-order valence-electron chi connectivity index (χ1n) is 6.12. The van der Waals surface area contributed by atoms with Crippen LogP contribution in [0.1, 0.15) is 37.8 Å². The lowest BCUT2D eigenvalue weighted by atomic mass is 10.00. The third-order valence-electron chi connectivity index (χ3n) is 2.58. The number of hydrogen-bond acceptors (Lipinski definition) is 1. The van der Waals surface area contributed by atoms with Crippen LogP contribution in [0.4, 0.5) is 0 Å². The Balaban J connectivity index is 0.00000289. The summed E-state index contributed by atoms with van der Waals surface area (Å²) in [7, 11) is 0. The molecule has 1 rings (SSSR count). The Morgan fingerprint density at radius 3 is 2.56 bits per heavy atom. The van der Waals surface area contributed by atoms with Gasteiger partial charge in [-0.15, -0.1) is 24.0 Å². The van der Waals surface area contributed by atoms with Crippen LogP contribution in [0.15, 0.2) is 29.3 Å². The van der Waals surface area contributed by atoms with Gasteiger partial charge in [-0.3, -0.25) is 4.99 Å². The Labute approximate surface area is 127 Å². The molecule has 0 bridgehead atoms. The zero-order chi connectivity index (χ0) is 12.8. The fraction of sp³-hybridized carbons (Fsp3) is 0.500. The molecule has 0 amide bonds. The minimum Gasteiger partial charge on any atom is -0.370 e. The van der Waals surface area contributed by atoms with Crippen molar-refractivity contribution in [2.75, 3.05) is 6.54 Å². The summed E-state index contributed by atoms with van der Waals surface area (Å²) in [6.07, 6.45) is 0. The Hall–Kier alpha value is -0.780. The molecular weight excluding hydrogens is 337 g/mol. The van der Waals surface area contributed by atoms with Crippen LogP contribution >= 0.6 is 24.0 Å². The Bertz CT molecular complexity index is 388. The van der Waals surface area contributed by atoms with Gasteiger partial charge in [0, 0.05) is 18.5 Å². The van der Waals surface area contributed by atoms with Gasteiger partial charge in [-0.05, 0) is 26.3 Å². The van der Waals surface area contributed by atoms with Crippen LogP contribution in [0.3, 0.4) is 0 Å². The van der Waals surface area contributed by atoms with Crippen LogP contribution in [0, 0.1) is 6.92 Å². The molecule has 102 valence electrons. The van der Waals surface area contributed by atoms with Crippen LogP contribution in [-0.4, -0.2) is 18.5 Å². The molecule has 0 radical (unpaired) electrons. The van der Waals surface area contributed by atoms with Gasteiger partial charge >= 0.3 is 0 Å². The van der Waals surface area contributed by atoms with Crippen LogP contribution in [-0.2, 0) is 0 Å². The van der Waals surface area contributed by atoms with Crippen LogP contribution in [0.25, 0.3) is 0 Å². The lowest BCUT2D eigenvalue weighted by Gasteiger charge is -2.12. The number of benzene rings is 1. The van der Waals surface area contributed by atoms with Gasteiger partial charge in [0.25, 0.3) is 0 Å². The summed E-state index contributed by atoms with van der Waals surface area (Å²) < 4.78 is 0. The normalized spacial score (nSPS) is 13.1. The van der Waals surface area contributed by atoms with Crippen molar-refractivity contribution in [1.29, 1.82) is 0 Å². The van der Waals surface area contributed by atoms with E-state index in [-0.39, 0.29) is 24.0 Å². The minimum absolute atomic E-state index is 0. The summed E-state index contributed by atoms with van der Waals surface area (Å²) in [6, 6.07) is 8.85. The second-order valence-corrected chi connectivity index (χ2v) is 4.84. The molecule has 18 heavy (non-hydrogen) atoms. The van der Waals surface area contributed by atoms with E-state index in [1.54, 1.807) is 0 Å². The van der Waals surface area contributed by atoms with Crippen molar-refractivity contribution in [3.63, 3.8) is 0 Å². The summed E-state index contributed by atoms with van der Waals surface area (Å²) in [5.74, 6) is 0.918. The number of guanidine groups is 1. The van der Waals surface area contributed by atoms with Gasteiger partial charge in [-0.1, -0.05) is 36.8 Å². The van der Waals surface area contributed by atoms with Crippen molar-refractivity contribution in [2.45, 2.75) is 39.7 Å². The molecule has 4 heteroatoms. The molecule has 0 saturated carbocycles. The summed E-state index contributed by atoms with van der Waals surface area (Å²) >= 11 is 0. The first-order chi connectivity index (χ1) is 7.99. The van der Waals surface area contributed by atoms with E-state index in [2.05, 4.69) is 48.4 Å². The maximum atomic E-state index is 5.77. The molecule has 1 aromatic carbocycles. The van der Waals surface area contributed by atoms with Gasteiger partial charge < -0.3 is 11.1 Å². The summed E-state index contributed by atoms with van der Waals surface area (Å²) in [5.41, 5.74) is 8.36. The number of aliphatic imine (C=N–C) groups is 1. The Kier molecular flexibility index (Phi) is 7.98. The largest absolute Gasteiger partial charge is 0.370 e. The van der Waals surface area contributed by atoms with Crippen LogP contribution in [0.5, 0.6) is 0 Å². The molecular formula is C14H24IN3. The van der Waals surface area contributed by atoms with E-state index in [1.807, 2.05) is 13.8 Å². The topological polar surface area (TPSA) is 50.4 Å². The second kappa shape index (κ2) is 8.34. The molecule has 0 aliphatic rings. The van der Waals surface area contributed by atoms with Crippen molar-refractivity contribution < 1.29 is 0 Å². The lowest BCUT2D eigenvalue weighted by molar-refractivity contribution is 0.712. The highest BCUT2D eigenvalue weighted by Gasteiger charge is 2.05. The molecule has 1 aromatic rings. The molecule has 0 fully saturated rings. The molecule has 0 heterocycles. The Morgan fingerprint density at radius 1 is 1.33 bits per heavy atom. The van der Waals surface area contributed by atoms with Gasteiger partial charge in [0.1, 0.15) is 0 Å². The van der Waals surface area contributed by atoms with Crippen molar-refractivity contribution in [1.82, 2.24) is 5.32 Å². The predicted molar refractivity (Wildman–Crippen MR) is 89.8 cm³/mol. The average molecular weight is 361 g/mol. The van der Waals surface area contributed by atoms with Gasteiger partial charge in [-0.25, -0.2) is 0 Å². The van der Waals surface area contributed by atoms with Crippen molar-refractivity contribution in [2.24, 2.45) is 10.7 Å². The van der Waals surface area contributed by atoms with Crippen molar-refractivity contribution in [3.8, 4) is 0 Å². The average Bonchev–Trinajstić information content (AvgIpc) is 2.25. The van der Waals surface area contributed by atoms with E-state index in [4.69, 9.17) is 5.73 Å². The predicted octanol–water partition coefficient (Wildman–Crippen LogP) is 3.03. The molecule has 0 aliphatic heterocycles. The zero-order valence-electron chi connectivity index (χ0n) is 11.6. The maximum absolute atomic E-state index is 5.77. The van der Waals surface area contributed by atoms with Crippen LogP contribution < -0.4 is 11.1 Å². The third-order valence-corrected chi connectivity index (χ3v) is 2.58. The van der Waals surface area contributed by atoms with Gasteiger partial charge in [0.15, 0.2) is 5.96 Å². The second-order valence-electron chi connectivity index (χ2n) is 4.84. The molecule has 3 N–H and O–H groups in total. The highest BCUT2D eigenvalue weighted by Crippen LogP contribution is 2.16. The highest BCUT2D eigenvalue weighted by atomic mass is 127. The SMILES string of the molecule is Cc1cccc(C(C)CN=C(N)NC(C)C)c1.I. The van der Waals surface area contributed by atoms with E-state index >= 15 is 0 Å². The number of halogens is 1. The van der Waals surface area contributed by atoms with E-state index in [9.17, 15) is 0 Å². The smallest absolute Gasteiger partial charge is 0.188 e. The van der Waals surface area contributed by atoms with Crippen molar-refractivity contribution >= 4 is 29.9 Å². The zero-order valence-corrected chi connectivity index (χ0v) is 13.9. The van der Waals surface area contributed by atoms with E-state index in [1.165, 1.54) is 11.1 Å². The monoisotopic (exact) mass is 361 g/mol. The standard InChI is InChI=1S/C14H23N3.HI/c1-10(2)17-14(15)16-9-12(4)13-7-5-6-11(3)8-13;/h5-8,10,12H,9H2,1-4H3,(H3,15,16,17);1H. The van der Waals surface area contributed by atoms with E-state index in [0.29, 0.717) is 17.9 Å². The molecule has 3 nitrogen and oxygen atoms in total. The number of aryl methyl sites for hydroxylation is 1. The molecule has 0 aliphatic carbocycles. The number of nitrogens with zero attached hydrogens (tertiary/aromatic N) is 1. The van der Waals surface area contributed by atoms with Gasteiger partial charge in [0.05, 0.1) is 0 Å². The van der Waals surface area contributed by atoms with E-state index in [0.717, 1.165) is 6.54 Å². The summed E-state index contributed by atoms with van der Waals surface area (Å²) in [6.45, 7) is 9.09. The lowest BCUT2D eigenvalue weighted by Crippen LogP contribution is -2.37. The number of rotatable bonds is 4. The molecule has 0 spiro atoms. The molecule has 1 atom stereocenters. The minimum atomic E-state index is 0. The quantitative estimate of drug-likeness (QED) is 0.492. The Morgan fingerprint density at radius 2 is 2.00 bits per heavy atom. The maximum Gasteiger partial charge on any atom is 0.188 e. The van der Waals surface area contributed by atoms with Gasteiger partial charge in [-0.2, -0.15) is 0 Å². The fourth-order valence-corrected chi connectivity index (χ4v) is 1.66. The van der Waals surface area contributed by atoms with Crippen LogP contribution in [0.2, 0.25) is 0 Å². The molecule has 0 aromatic heterocycles. The third kappa shape index (κ3) is 6.23. The number of nitrogens with two attached hydrogens (primary N) is 1. The van der Waals surface area contributed by atoms with E-state index < -0.39 is 0 Å². The first kappa shape index (κ1) is 17.2. The number of hydrogen-bond donors (Lipinski definition) is 2.